The van der Waals surface area contributed by atoms with Crippen molar-refractivity contribution in [3.63, 3.8) is 0 Å². The van der Waals surface area contributed by atoms with Gasteiger partial charge in [-0.05, 0) is 50.0 Å². The van der Waals surface area contributed by atoms with Crippen LogP contribution in [0.3, 0.4) is 0 Å². The van der Waals surface area contributed by atoms with Crippen molar-refractivity contribution in [3.05, 3.63) is 23.3 Å². The molecule has 2 rings (SSSR count). The molecule has 5 nitrogen and oxygen atoms in total. The second-order valence-electron chi connectivity index (χ2n) is 5.41. The van der Waals surface area contributed by atoms with Crippen molar-refractivity contribution in [2.24, 2.45) is 0 Å². The average Bonchev–Trinajstić information content (AvgIpc) is 3.35. The summed E-state index contributed by atoms with van der Waals surface area (Å²) in [6.45, 7) is 3.75. The molecule has 1 saturated carbocycles. The van der Waals surface area contributed by atoms with Gasteiger partial charge in [-0.3, -0.25) is 4.79 Å². The Morgan fingerprint density at radius 1 is 1.05 bits per heavy atom. The third-order valence-electron chi connectivity index (χ3n) is 3.91. The summed E-state index contributed by atoms with van der Waals surface area (Å²) in [5, 5.41) is 3.00. The largest absolute Gasteiger partial charge is 0.493 e. The van der Waals surface area contributed by atoms with Gasteiger partial charge in [-0.15, -0.1) is 0 Å². The molecule has 0 unspecified atom stereocenters. The number of ether oxygens (including phenoxy) is 3. The molecule has 0 radical (unpaired) electrons. The summed E-state index contributed by atoms with van der Waals surface area (Å²) in [5.74, 6) is 1.67. The van der Waals surface area contributed by atoms with Gasteiger partial charge in [0.15, 0.2) is 11.5 Å². The third kappa shape index (κ3) is 3.35. The third-order valence-corrected chi connectivity index (χ3v) is 3.91. The molecule has 0 saturated heterocycles. The van der Waals surface area contributed by atoms with Crippen molar-refractivity contribution in [1.29, 1.82) is 0 Å². The monoisotopic (exact) mass is 305 g/mol. The Morgan fingerprint density at radius 3 is 2.00 bits per heavy atom. The molecule has 1 aromatic carbocycles. The van der Waals surface area contributed by atoms with Gasteiger partial charge >= 0.3 is 0 Å². The van der Waals surface area contributed by atoms with E-state index in [9.17, 15) is 4.79 Å². The number of hydrogen-bond acceptors (Lipinski definition) is 4. The van der Waals surface area contributed by atoms with Crippen LogP contribution in [0.2, 0.25) is 0 Å². The fourth-order valence-corrected chi connectivity index (χ4v) is 2.21. The molecule has 0 heterocycles. The van der Waals surface area contributed by atoms with Crippen LogP contribution in [0, 0.1) is 0 Å². The molecule has 5 heteroatoms. The SMILES string of the molecule is COc1cc(C(C)=C(C)C(=O)NC2CC2)cc(OC)c1OC. The van der Waals surface area contributed by atoms with Gasteiger partial charge in [0.25, 0.3) is 0 Å². The van der Waals surface area contributed by atoms with Crippen LogP contribution in [0.5, 0.6) is 17.2 Å². The molecule has 1 aliphatic rings. The minimum absolute atomic E-state index is 0.0197. The molecule has 0 bridgehead atoms. The Balaban J connectivity index is 2.39. The van der Waals surface area contributed by atoms with Crippen LogP contribution in [-0.4, -0.2) is 33.3 Å². The van der Waals surface area contributed by atoms with Gasteiger partial charge in [-0.2, -0.15) is 0 Å². The molecule has 0 spiro atoms. The Kier molecular flexibility index (Phi) is 4.96. The molecule has 1 amide bonds. The maximum atomic E-state index is 12.2. The van der Waals surface area contributed by atoms with Crippen molar-refractivity contribution in [2.75, 3.05) is 21.3 Å². The lowest BCUT2D eigenvalue weighted by atomic mass is 10.0. The summed E-state index contributed by atoms with van der Waals surface area (Å²) in [4.78, 5) is 12.2. The standard InChI is InChI=1S/C17H23NO4/c1-10(11(2)17(19)18-13-6-7-13)12-8-14(20-3)16(22-5)15(9-12)21-4/h8-9,13H,6-7H2,1-5H3,(H,18,19). The first kappa shape index (κ1) is 16.2. The molecular weight excluding hydrogens is 282 g/mol. The quantitative estimate of drug-likeness (QED) is 0.821. The van der Waals surface area contributed by atoms with E-state index in [1.807, 2.05) is 26.0 Å². The van der Waals surface area contributed by atoms with Gasteiger partial charge in [0.2, 0.25) is 11.7 Å². The van der Waals surface area contributed by atoms with E-state index in [4.69, 9.17) is 14.2 Å². The highest BCUT2D eigenvalue weighted by molar-refractivity contribution is 6.00. The second-order valence-corrected chi connectivity index (χ2v) is 5.41. The fourth-order valence-electron chi connectivity index (χ4n) is 2.21. The molecule has 0 aromatic heterocycles. The van der Waals surface area contributed by atoms with E-state index in [1.54, 1.807) is 21.3 Å². The number of nitrogens with one attached hydrogen (secondary N) is 1. The minimum Gasteiger partial charge on any atom is -0.493 e. The van der Waals surface area contributed by atoms with Gasteiger partial charge in [-0.25, -0.2) is 0 Å². The number of hydrogen-bond donors (Lipinski definition) is 1. The van der Waals surface area contributed by atoms with E-state index in [0.29, 0.717) is 28.9 Å². The van der Waals surface area contributed by atoms with E-state index in [0.717, 1.165) is 24.0 Å². The zero-order chi connectivity index (χ0) is 16.3. The van der Waals surface area contributed by atoms with Crippen LogP contribution in [0.25, 0.3) is 5.57 Å². The van der Waals surface area contributed by atoms with Gasteiger partial charge in [0.1, 0.15) is 0 Å². The number of allylic oxidation sites excluding steroid dienone is 1. The van der Waals surface area contributed by atoms with Crippen LogP contribution in [-0.2, 0) is 4.79 Å². The molecular formula is C17H23NO4. The summed E-state index contributed by atoms with van der Waals surface area (Å²) in [7, 11) is 4.72. The number of methoxy groups -OCH3 is 3. The lowest BCUT2D eigenvalue weighted by molar-refractivity contribution is -0.117. The Labute approximate surface area is 131 Å². The van der Waals surface area contributed by atoms with Crippen molar-refractivity contribution >= 4 is 11.5 Å². The van der Waals surface area contributed by atoms with Crippen molar-refractivity contribution < 1.29 is 19.0 Å². The minimum atomic E-state index is -0.0197. The zero-order valence-electron chi connectivity index (χ0n) is 13.8. The molecule has 1 N–H and O–H groups in total. The summed E-state index contributed by atoms with van der Waals surface area (Å²) in [6, 6.07) is 4.05. The smallest absolute Gasteiger partial charge is 0.247 e. The number of carbonyl (C=O) groups excluding carboxylic acids is 1. The molecule has 22 heavy (non-hydrogen) atoms. The van der Waals surface area contributed by atoms with E-state index < -0.39 is 0 Å². The summed E-state index contributed by atoms with van der Waals surface area (Å²) in [5.41, 5.74) is 2.46. The lowest BCUT2D eigenvalue weighted by Gasteiger charge is -2.15. The Hall–Kier alpha value is -2.17. The number of rotatable bonds is 6. The average molecular weight is 305 g/mol. The van der Waals surface area contributed by atoms with Crippen LogP contribution >= 0.6 is 0 Å². The Bertz CT molecular complexity index is 578. The van der Waals surface area contributed by atoms with Crippen molar-refractivity contribution in [3.8, 4) is 17.2 Å². The van der Waals surface area contributed by atoms with Crippen molar-refractivity contribution in [2.45, 2.75) is 32.7 Å². The van der Waals surface area contributed by atoms with E-state index in [-0.39, 0.29) is 5.91 Å². The van der Waals surface area contributed by atoms with Gasteiger partial charge in [-0.1, -0.05) is 0 Å². The van der Waals surface area contributed by atoms with Gasteiger partial charge in [0.05, 0.1) is 21.3 Å². The first-order valence-electron chi connectivity index (χ1n) is 7.30. The van der Waals surface area contributed by atoms with Crippen molar-refractivity contribution in [1.82, 2.24) is 5.32 Å². The van der Waals surface area contributed by atoms with Gasteiger partial charge in [0, 0.05) is 11.6 Å². The van der Waals surface area contributed by atoms with Crippen LogP contribution in [0.4, 0.5) is 0 Å². The molecule has 1 fully saturated rings. The highest BCUT2D eigenvalue weighted by Gasteiger charge is 2.24. The van der Waals surface area contributed by atoms with Crippen LogP contribution in [0.1, 0.15) is 32.3 Å². The maximum Gasteiger partial charge on any atom is 0.247 e. The van der Waals surface area contributed by atoms with E-state index in [1.165, 1.54) is 0 Å². The Morgan fingerprint density at radius 2 is 1.59 bits per heavy atom. The maximum absolute atomic E-state index is 12.2. The molecule has 0 atom stereocenters. The zero-order valence-corrected chi connectivity index (χ0v) is 13.8. The molecule has 0 aliphatic heterocycles. The number of amides is 1. The summed E-state index contributed by atoms with van der Waals surface area (Å²) in [6.07, 6.45) is 2.14. The molecule has 120 valence electrons. The molecule has 1 aliphatic carbocycles. The summed E-state index contributed by atoms with van der Waals surface area (Å²) >= 11 is 0. The first-order chi connectivity index (χ1) is 10.5. The fraction of sp³-hybridized carbons (Fsp3) is 0.471. The number of carbonyl (C=O) groups is 1. The van der Waals surface area contributed by atoms with Crippen LogP contribution in [0.15, 0.2) is 17.7 Å². The van der Waals surface area contributed by atoms with E-state index in [2.05, 4.69) is 5.32 Å². The first-order valence-corrected chi connectivity index (χ1v) is 7.30. The van der Waals surface area contributed by atoms with Crippen LogP contribution < -0.4 is 19.5 Å². The topological polar surface area (TPSA) is 56.8 Å². The predicted molar refractivity (Wildman–Crippen MR) is 85.5 cm³/mol. The normalized spacial score (nSPS) is 15.0. The number of benzene rings is 1. The second kappa shape index (κ2) is 6.73. The predicted octanol–water partition coefficient (Wildman–Crippen LogP) is 2.78. The highest BCUT2D eigenvalue weighted by atomic mass is 16.5. The lowest BCUT2D eigenvalue weighted by Crippen LogP contribution is -2.26. The van der Waals surface area contributed by atoms with E-state index >= 15 is 0 Å². The van der Waals surface area contributed by atoms with Gasteiger partial charge < -0.3 is 19.5 Å². The highest BCUT2D eigenvalue weighted by Crippen LogP contribution is 2.40. The molecule has 1 aromatic rings. The summed E-state index contributed by atoms with van der Waals surface area (Å²) < 4.78 is 16.0.